The molecule has 3 N–H and O–H groups in total. The van der Waals surface area contributed by atoms with Crippen molar-refractivity contribution >= 4 is 11.6 Å². The Morgan fingerprint density at radius 3 is 3.00 bits per heavy atom. The van der Waals surface area contributed by atoms with Crippen LogP contribution in [0.4, 0.5) is 5.69 Å². The molecule has 2 rings (SSSR count). The zero-order valence-corrected chi connectivity index (χ0v) is 7.75. The molecule has 0 bridgehead atoms. The van der Waals surface area contributed by atoms with E-state index in [1.165, 1.54) is 5.56 Å². The van der Waals surface area contributed by atoms with Crippen LogP contribution in [0.3, 0.4) is 0 Å². The van der Waals surface area contributed by atoms with Gasteiger partial charge in [0, 0.05) is 5.69 Å². The van der Waals surface area contributed by atoms with E-state index in [2.05, 4.69) is 5.32 Å². The Bertz CT molecular complexity index is 363. The van der Waals surface area contributed by atoms with Crippen molar-refractivity contribution in [1.29, 1.82) is 0 Å². The summed E-state index contributed by atoms with van der Waals surface area (Å²) in [7, 11) is 0. The lowest BCUT2D eigenvalue weighted by Gasteiger charge is -2.04. The van der Waals surface area contributed by atoms with Gasteiger partial charge in [-0.1, -0.05) is 6.07 Å². The summed E-state index contributed by atoms with van der Waals surface area (Å²) in [5.74, 6) is -0.177. The van der Waals surface area contributed by atoms with Gasteiger partial charge in [0.15, 0.2) is 0 Å². The first kappa shape index (κ1) is 9.18. The van der Waals surface area contributed by atoms with Gasteiger partial charge in [0.25, 0.3) is 0 Å². The van der Waals surface area contributed by atoms with Crippen molar-refractivity contribution in [3.05, 3.63) is 29.3 Å². The van der Waals surface area contributed by atoms with Crippen LogP contribution >= 0.6 is 0 Å². The van der Waals surface area contributed by atoms with Crippen molar-refractivity contribution < 1.29 is 9.53 Å². The number of amides is 1. The molecule has 0 unspecified atom stereocenters. The highest BCUT2D eigenvalue weighted by Crippen LogP contribution is 2.22. The molecule has 4 nitrogen and oxygen atoms in total. The van der Waals surface area contributed by atoms with E-state index in [0.717, 1.165) is 11.3 Å². The first-order valence-corrected chi connectivity index (χ1v) is 4.49. The van der Waals surface area contributed by atoms with Gasteiger partial charge in [-0.3, -0.25) is 4.79 Å². The van der Waals surface area contributed by atoms with E-state index >= 15 is 0 Å². The number of fused-ring (bicyclic) bond motifs is 1. The molecule has 0 saturated heterocycles. The van der Waals surface area contributed by atoms with Crippen LogP contribution in [0.25, 0.3) is 0 Å². The predicted octanol–water partition coefficient (Wildman–Crippen LogP) is 0.614. The molecule has 1 aliphatic rings. The van der Waals surface area contributed by atoms with E-state index in [4.69, 9.17) is 10.5 Å². The smallest absolute Gasteiger partial charge is 0.238 e. The standard InChI is InChI=1S/C10H12N2O2/c11-4-10(13)12-9-2-1-7-5-14-6-8(7)3-9/h1-3H,4-6,11H2,(H,12,13). The van der Waals surface area contributed by atoms with Crippen LogP contribution in [0.15, 0.2) is 18.2 Å². The summed E-state index contributed by atoms with van der Waals surface area (Å²) >= 11 is 0. The first-order chi connectivity index (χ1) is 6.79. The lowest BCUT2D eigenvalue weighted by Crippen LogP contribution is -2.21. The Morgan fingerprint density at radius 2 is 2.21 bits per heavy atom. The summed E-state index contributed by atoms with van der Waals surface area (Å²) in [6, 6.07) is 5.76. The number of nitrogens with two attached hydrogens (primary N) is 1. The number of rotatable bonds is 2. The lowest BCUT2D eigenvalue weighted by atomic mass is 10.1. The van der Waals surface area contributed by atoms with Crippen LogP contribution in [0, 0.1) is 0 Å². The molecule has 0 aromatic heterocycles. The van der Waals surface area contributed by atoms with Gasteiger partial charge in [0.2, 0.25) is 5.91 Å². The van der Waals surface area contributed by atoms with Crippen molar-refractivity contribution in [2.45, 2.75) is 13.2 Å². The van der Waals surface area contributed by atoms with E-state index in [9.17, 15) is 4.79 Å². The second kappa shape index (κ2) is 3.77. The molecule has 14 heavy (non-hydrogen) atoms. The Balaban J connectivity index is 2.16. The number of hydrogen-bond donors (Lipinski definition) is 2. The van der Waals surface area contributed by atoms with Gasteiger partial charge >= 0.3 is 0 Å². The minimum Gasteiger partial charge on any atom is -0.372 e. The molecule has 1 heterocycles. The maximum Gasteiger partial charge on any atom is 0.238 e. The third kappa shape index (κ3) is 1.76. The number of benzene rings is 1. The summed E-state index contributed by atoms with van der Waals surface area (Å²) in [5, 5.41) is 2.70. The number of nitrogens with one attached hydrogen (secondary N) is 1. The summed E-state index contributed by atoms with van der Waals surface area (Å²) in [5.41, 5.74) is 8.31. The summed E-state index contributed by atoms with van der Waals surface area (Å²) in [6.45, 7) is 1.30. The third-order valence-electron chi connectivity index (χ3n) is 2.19. The van der Waals surface area contributed by atoms with Gasteiger partial charge < -0.3 is 15.8 Å². The molecular weight excluding hydrogens is 180 g/mol. The van der Waals surface area contributed by atoms with Crippen molar-refractivity contribution in [3.8, 4) is 0 Å². The van der Waals surface area contributed by atoms with Crippen molar-refractivity contribution in [1.82, 2.24) is 0 Å². The fourth-order valence-corrected chi connectivity index (χ4v) is 1.46. The molecule has 0 aliphatic carbocycles. The minimum absolute atomic E-state index is 0.00752. The summed E-state index contributed by atoms with van der Waals surface area (Å²) in [4.78, 5) is 11.0. The highest BCUT2D eigenvalue weighted by molar-refractivity contribution is 5.92. The maximum atomic E-state index is 11.0. The van der Waals surface area contributed by atoms with E-state index in [1.807, 2.05) is 18.2 Å². The third-order valence-corrected chi connectivity index (χ3v) is 2.19. The van der Waals surface area contributed by atoms with E-state index in [0.29, 0.717) is 13.2 Å². The minimum atomic E-state index is -0.177. The maximum absolute atomic E-state index is 11.0. The molecule has 1 amide bonds. The number of ether oxygens (including phenoxy) is 1. The van der Waals surface area contributed by atoms with Gasteiger partial charge in [-0.25, -0.2) is 0 Å². The van der Waals surface area contributed by atoms with Gasteiger partial charge in [0.05, 0.1) is 19.8 Å². The first-order valence-electron chi connectivity index (χ1n) is 4.49. The number of carbonyl (C=O) groups excluding carboxylic acids is 1. The molecular formula is C10H12N2O2. The Morgan fingerprint density at radius 1 is 1.43 bits per heavy atom. The number of carbonyl (C=O) groups is 1. The fraction of sp³-hybridized carbons (Fsp3) is 0.300. The highest BCUT2D eigenvalue weighted by Gasteiger charge is 2.11. The predicted molar refractivity (Wildman–Crippen MR) is 52.6 cm³/mol. The second-order valence-corrected chi connectivity index (χ2v) is 3.23. The van der Waals surface area contributed by atoms with Crippen LogP contribution in [0.5, 0.6) is 0 Å². The Kier molecular flexibility index (Phi) is 2.47. The molecule has 0 fully saturated rings. The number of anilines is 1. The largest absolute Gasteiger partial charge is 0.372 e. The second-order valence-electron chi connectivity index (χ2n) is 3.23. The molecule has 0 radical (unpaired) electrons. The van der Waals surface area contributed by atoms with Gasteiger partial charge in [-0.05, 0) is 23.3 Å². The molecule has 1 aromatic rings. The average molecular weight is 192 g/mol. The molecule has 74 valence electrons. The van der Waals surface area contributed by atoms with Crippen LogP contribution in [0.1, 0.15) is 11.1 Å². The van der Waals surface area contributed by atoms with E-state index in [1.54, 1.807) is 0 Å². The zero-order chi connectivity index (χ0) is 9.97. The summed E-state index contributed by atoms with van der Waals surface area (Å²) in [6.07, 6.45) is 0. The van der Waals surface area contributed by atoms with Crippen LogP contribution in [-0.2, 0) is 22.7 Å². The average Bonchev–Trinajstić information content (AvgIpc) is 2.64. The Labute approximate surface area is 82.1 Å². The molecule has 0 saturated carbocycles. The SMILES string of the molecule is NCC(=O)Nc1ccc2c(c1)COC2. The monoisotopic (exact) mass is 192 g/mol. The summed E-state index contributed by atoms with van der Waals surface area (Å²) < 4.78 is 5.26. The van der Waals surface area contributed by atoms with Crippen LogP contribution in [-0.4, -0.2) is 12.5 Å². The van der Waals surface area contributed by atoms with Crippen molar-refractivity contribution in [2.75, 3.05) is 11.9 Å². The highest BCUT2D eigenvalue weighted by atomic mass is 16.5. The van der Waals surface area contributed by atoms with Crippen LogP contribution in [0.2, 0.25) is 0 Å². The van der Waals surface area contributed by atoms with E-state index < -0.39 is 0 Å². The van der Waals surface area contributed by atoms with Gasteiger partial charge in [-0.2, -0.15) is 0 Å². The van der Waals surface area contributed by atoms with E-state index in [-0.39, 0.29) is 12.5 Å². The lowest BCUT2D eigenvalue weighted by molar-refractivity contribution is -0.114. The topological polar surface area (TPSA) is 64.4 Å². The van der Waals surface area contributed by atoms with Crippen LogP contribution < -0.4 is 11.1 Å². The van der Waals surface area contributed by atoms with Gasteiger partial charge in [0.1, 0.15) is 0 Å². The molecule has 0 spiro atoms. The van der Waals surface area contributed by atoms with Crippen molar-refractivity contribution in [3.63, 3.8) is 0 Å². The normalized spacial score (nSPS) is 13.8. The Hall–Kier alpha value is -1.39. The zero-order valence-electron chi connectivity index (χ0n) is 7.75. The molecule has 4 heteroatoms. The quantitative estimate of drug-likeness (QED) is 0.721. The number of hydrogen-bond acceptors (Lipinski definition) is 3. The molecule has 0 atom stereocenters. The van der Waals surface area contributed by atoms with Crippen molar-refractivity contribution in [2.24, 2.45) is 5.73 Å². The molecule has 1 aromatic carbocycles. The fourth-order valence-electron chi connectivity index (χ4n) is 1.46. The van der Waals surface area contributed by atoms with Gasteiger partial charge in [-0.15, -0.1) is 0 Å². The molecule has 1 aliphatic heterocycles.